The quantitative estimate of drug-likeness (QED) is 0.626. The van der Waals surface area contributed by atoms with Gasteiger partial charge < -0.3 is 4.90 Å². The Balaban J connectivity index is 1.54. The van der Waals surface area contributed by atoms with Gasteiger partial charge in [-0.15, -0.1) is 0 Å². The highest BCUT2D eigenvalue weighted by atomic mass is 16.6. The molecule has 0 unspecified atom stereocenters. The number of benzene rings is 1. The molecule has 1 aliphatic heterocycles. The van der Waals surface area contributed by atoms with Gasteiger partial charge in [0.1, 0.15) is 5.92 Å². The first-order valence-corrected chi connectivity index (χ1v) is 8.25. The molecule has 1 aromatic carbocycles. The third-order valence-electron chi connectivity index (χ3n) is 4.90. The Kier molecular flexibility index (Phi) is 4.61. The molecule has 1 saturated carbocycles. The number of aryl methyl sites for hydroxylation is 1. The number of amides is 1. The molecule has 6 nitrogen and oxygen atoms in total. The second-order valence-electron chi connectivity index (χ2n) is 6.58. The highest BCUT2D eigenvalue weighted by molar-refractivity contribution is 5.82. The predicted molar refractivity (Wildman–Crippen MR) is 86.5 cm³/mol. The summed E-state index contributed by atoms with van der Waals surface area (Å²) in [4.78, 5) is 27.0. The molecule has 3 rings (SSSR count). The van der Waals surface area contributed by atoms with Crippen molar-refractivity contribution >= 4 is 5.91 Å². The van der Waals surface area contributed by atoms with E-state index in [1.54, 1.807) is 0 Å². The van der Waals surface area contributed by atoms with Crippen molar-refractivity contribution in [1.82, 2.24) is 9.80 Å². The molecule has 0 aromatic heterocycles. The van der Waals surface area contributed by atoms with E-state index >= 15 is 0 Å². The van der Waals surface area contributed by atoms with Gasteiger partial charge in [-0.2, -0.15) is 0 Å². The van der Waals surface area contributed by atoms with Crippen LogP contribution in [0.15, 0.2) is 24.3 Å². The van der Waals surface area contributed by atoms with Crippen molar-refractivity contribution in [1.29, 1.82) is 0 Å². The summed E-state index contributed by atoms with van der Waals surface area (Å²) in [7, 11) is 0. The summed E-state index contributed by atoms with van der Waals surface area (Å²) in [5.41, 5.74) is 2.61. The average Bonchev–Trinajstić information content (AvgIpc) is 3.33. The standard InChI is InChI=1S/C17H23N3O3/c1-13-5-2-3-6-14(13)12-18-7-4-8-19(10-9-18)17(21)15-11-16(15)20(22)23/h2-3,5-6,15-16H,4,7-12H2,1H3/t15-,16-/m0/s1. The van der Waals surface area contributed by atoms with E-state index in [2.05, 4.69) is 30.0 Å². The maximum absolute atomic E-state index is 12.4. The Labute approximate surface area is 136 Å². The van der Waals surface area contributed by atoms with E-state index in [1.807, 2.05) is 11.0 Å². The first-order valence-electron chi connectivity index (χ1n) is 8.25. The highest BCUT2D eigenvalue weighted by Gasteiger charge is 2.54. The van der Waals surface area contributed by atoms with Crippen molar-refractivity contribution in [3.8, 4) is 0 Å². The minimum Gasteiger partial charge on any atom is -0.341 e. The second kappa shape index (κ2) is 6.66. The van der Waals surface area contributed by atoms with Gasteiger partial charge in [0, 0.05) is 44.1 Å². The van der Waals surface area contributed by atoms with E-state index in [1.165, 1.54) is 11.1 Å². The van der Waals surface area contributed by atoms with Crippen molar-refractivity contribution in [2.24, 2.45) is 5.92 Å². The van der Waals surface area contributed by atoms with Crippen LogP contribution in [-0.2, 0) is 11.3 Å². The topological polar surface area (TPSA) is 66.7 Å². The van der Waals surface area contributed by atoms with E-state index < -0.39 is 6.04 Å². The number of rotatable bonds is 4. The molecule has 1 saturated heterocycles. The molecule has 2 aliphatic rings. The summed E-state index contributed by atoms with van der Waals surface area (Å²) in [6.07, 6.45) is 1.34. The SMILES string of the molecule is Cc1ccccc1CN1CCCN(C(=O)[C@H]2C[C@@H]2[N+](=O)[O-])CC1. The Bertz CT molecular complexity index is 605. The molecule has 0 spiro atoms. The lowest BCUT2D eigenvalue weighted by Crippen LogP contribution is -2.37. The first-order chi connectivity index (χ1) is 11.1. The lowest BCUT2D eigenvalue weighted by atomic mass is 10.1. The molecule has 1 amide bonds. The minimum atomic E-state index is -0.645. The molecule has 1 aliphatic carbocycles. The van der Waals surface area contributed by atoms with Crippen molar-refractivity contribution in [3.05, 3.63) is 45.5 Å². The number of nitrogens with zero attached hydrogens (tertiary/aromatic N) is 3. The third-order valence-corrected chi connectivity index (χ3v) is 4.90. The second-order valence-corrected chi connectivity index (χ2v) is 6.58. The zero-order valence-corrected chi connectivity index (χ0v) is 13.5. The summed E-state index contributed by atoms with van der Waals surface area (Å²) in [6, 6.07) is 7.72. The van der Waals surface area contributed by atoms with Crippen LogP contribution in [0.25, 0.3) is 0 Å². The van der Waals surface area contributed by atoms with Gasteiger partial charge in [0.15, 0.2) is 0 Å². The Hall–Kier alpha value is -1.95. The van der Waals surface area contributed by atoms with E-state index in [0.29, 0.717) is 19.5 Å². The lowest BCUT2D eigenvalue weighted by molar-refractivity contribution is -0.497. The highest BCUT2D eigenvalue weighted by Crippen LogP contribution is 2.35. The largest absolute Gasteiger partial charge is 0.341 e. The van der Waals surface area contributed by atoms with Gasteiger partial charge in [0.25, 0.3) is 0 Å². The van der Waals surface area contributed by atoms with E-state index in [9.17, 15) is 14.9 Å². The molecular formula is C17H23N3O3. The van der Waals surface area contributed by atoms with Crippen LogP contribution in [-0.4, -0.2) is 52.9 Å². The Morgan fingerprint density at radius 3 is 2.74 bits per heavy atom. The molecule has 2 atom stereocenters. The van der Waals surface area contributed by atoms with Crippen LogP contribution < -0.4 is 0 Å². The van der Waals surface area contributed by atoms with Gasteiger partial charge in [-0.25, -0.2) is 0 Å². The average molecular weight is 317 g/mol. The van der Waals surface area contributed by atoms with E-state index in [0.717, 1.165) is 26.1 Å². The summed E-state index contributed by atoms with van der Waals surface area (Å²) >= 11 is 0. The molecule has 1 aromatic rings. The van der Waals surface area contributed by atoms with Crippen LogP contribution in [0.1, 0.15) is 24.0 Å². The lowest BCUT2D eigenvalue weighted by Gasteiger charge is -2.22. The molecule has 6 heteroatoms. The van der Waals surface area contributed by atoms with Crippen LogP contribution in [0.5, 0.6) is 0 Å². The zero-order chi connectivity index (χ0) is 16.4. The van der Waals surface area contributed by atoms with Crippen molar-refractivity contribution in [2.45, 2.75) is 32.4 Å². The minimum absolute atomic E-state index is 0.0237. The first kappa shape index (κ1) is 15.9. The molecular weight excluding hydrogens is 294 g/mol. The molecule has 0 bridgehead atoms. The third kappa shape index (κ3) is 3.69. The monoisotopic (exact) mass is 317 g/mol. The fourth-order valence-corrected chi connectivity index (χ4v) is 3.29. The van der Waals surface area contributed by atoms with Crippen LogP contribution in [0.4, 0.5) is 0 Å². The Morgan fingerprint density at radius 1 is 1.26 bits per heavy atom. The maximum atomic E-state index is 12.4. The smallest absolute Gasteiger partial charge is 0.232 e. The summed E-state index contributed by atoms with van der Waals surface area (Å²) in [5, 5.41) is 10.7. The van der Waals surface area contributed by atoms with Gasteiger partial charge in [-0.3, -0.25) is 19.8 Å². The number of hydrogen-bond acceptors (Lipinski definition) is 4. The van der Waals surface area contributed by atoms with Gasteiger partial charge in [-0.1, -0.05) is 24.3 Å². The van der Waals surface area contributed by atoms with Crippen molar-refractivity contribution in [2.75, 3.05) is 26.2 Å². The summed E-state index contributed by atoms with van der Waals surface area (Å²) < 4.78 is 0. The number of nitro groups is 1. The van der Waals surface area contributed by atoms with Crippen LogP contribution >= 0.6 is 0 Å². The molecule has 124 valence electrons. The molecule has 1 heterocycles. The molecule has 23 heavy (non-hydrogen) atoms. The van der Waals surface area contributed by atoms with Crippen LogP contribution in [0, 0.1) is 23.0 Å². The molecule has 0 radical (unpaired) electrons. The van der Waals surface area contributed by atoms with Crippen LogP contribution in [0.3, 0.4) is 0 Å². The molecule has 2 fully saturated rings. The number of carbonyl (C=O) groups excluding carboxylic acids is 1. The fourth-order valence-electron chi connectivity index (χ4n) is 3.29. The summed E-state index contributed by atoms with van der Waals surface area (Å²) in [5.74, 6) is -0.405. The Morgan fingerprint density at radius 2 is 2.04 bits per heavy atom. The van der Waals surface area contributed by atoms with Crippen molar-refractivity contribution in [3.63, 3.8) is 0 Å². The predicted octanol–water partition coefficient (Wildman–Crippen LogP) is 1.69. The summed E-state index contributed by atoms with van der Waals surface area (Å²) in [6.45, 7) is 6.19. The maximum Gasteiger partial charge on any atom is 0.232 e. The van der Waals surface area contributed by atoms with Gasteiger partial charge >= 0.3 is 0 Å². The van der Waals surface area contributed by atoms with E-state index in [-0.39, 0.29) is 16.7 Å². The normalized spacial score (nSPS) is 25.0. The van der Waals surface area contributed by atoms with Crippen molar-refractivity contribution < 1.29 is 9.72 Å². The fraction of sp³-hybridized carbons (Fsp3) is 0.588. The van der Waals surface area contributed by atoms with Crippen LogP contribution in [0.2, 0.25) is 0 Å². The van der Waals surface area contributed by atoms with Gasteiger partial charge in [-0.05, 0) is 24.5 Å². The van der Waals surface area contributed by atoms with E-state index in [4.69, 9.17) is 0 Å². The number of carbonyl (C=O) groups is 1. The number of hydrogen-bond donors (Lipinski definition) is 0. The van der Waals surface area contributed by atoms with Gasteiger partial charge in [0.2, 0.25) is 11.9 Å². The molecule has 0 N–H and O–H groups in total. The zero-order valence-electron chi connectivity index (χ0n) is 13.5. The van der Waals surface area contributed by atoms with Gasteiger partial charge in [0.05, 0.1) is 0 Å².